The van der Waals surface area contributed by atoms with Crippen molar-refractivity contribution in [3.63, 3.8) is 0 Å². The Balaban J connectivity index is 1.44. The molecule has 0 unspecified atom stereocenters. The van der Waals surface area contributed by atoms with Crippen LogP contribution in [0.4, 0.5) is 4.39 Å². The summed E-state index contributed by atoms with van der Waals surface area (Å²) in [7, 11) is 0. The number of carbonyl (C=O) groups is 1. The Morgan fingerprint density at radius 3 is 2.52 bits per heavy atom. The number of nitrogens with zero attached hydrogens (tertiary/aromatic N) is 4. The summed E-state index contributed by atoms with van der Waals surface area (Å²) < 4.78 is 15.2. The molecule has 1 aliphatic heterocycles. The van der Waals surface area contributed by atoms with Crippen molar-refractivity contribution >= 4 is 17.7 Å². The van der Waals surface area contributed by atoms with Crippen LogP contribution in [0.2, 0.25) is 0 Å². The van der Waals surface area contributed by atoms with Crippen LogP contribution in [0, 0.1) is 5.82 Å². The van der Waals surface area contributed by atoms with Crippen LogP contribution in [0.1, 0.15) is 37.2 Å². The Hall–Kier alpha value is -2.71. The maximum absolute atomic E-state index is 13.1. The topological polar surface area (TPSA) is 63.1 Å². The fraction of sp³-hybridized carbons (Fsp3) is 0.348. The van der Waals surface area contributed by atoms with Crippen molar-refractivity contribution in [2.24, 2.45) is 0 Å². The maximum atomic E-state index is 13.1. The van der Waals surface area contributed by atoms with Gasteiger partial charge in [0.25, 0.3) is 0 Å². The van der Waals surface area contributed by atoms with Gasteiger partial charge in [0, 0.05) is 5.69 Å². The van der Waals surface area contributed by atoms with Gasteiger partial charge in [0.05, 0.1) is 18.3 Å². The molecule has 6 nitrogen and oxygen atoms in total. The molecule has 0 spiro atoms. The lowest BCUT2D eigenvalue weighted by Gasteiger charge is -2.16. The summed E-state index contributed by atoms with van der Waals surface area (Å²) in [5.41, 5.74) is 1.85. The van der Waals surface area contributed by atoms with E-state index < -0.39 is 0 Å². The predicted octanol–water partition coefficient (Wildman–Crippen LogP) is 3.97. The van der Waals surface area contributed by atoms with Crippen molar-refractivity contribution in [3.05, 3.63) is 71.8 Å². The predicted molar refractivity (Wildman–Crippen MR) is 120 cm³/mol. The molecule has 1 aliphatic rings. The minimum atomic E-state index is -0.289. The Morgan fingerprint density at radius 2 is 1.81 bits per heavy atom. The van der Waals surface area contributed by atoms with Gasteiger partial charge in [0.1, 0.15) is 5.82 Å². The Morgan fingerprint density at radius 1 is 1.10 bits per heavy atom. The number of carbonyl (C=O) groups excluding carboxylic acids is 1. The fourth-order valence-corrected chi connectivity index (χ4v) is 4.50. The lowest BCUT2D eigenvalue weighted by molar-refractivity contribution is -0.119. The second-order valence-electron chi connectivity index (χ2n) is 7.68. The number of benzene rings is 2. The summed E-state index contributed by atoms with van der Waals surface area (Å²) in [6, 6.07) is 16.0. The quantitative estimate of drug-likeness (QED) is 0.538. The Labute approximate surface area is 185 Å². The second kappa shape index (κ2) is 10.1. The zero-order valence-corrected chi connectivity index (χ0v) is 18.3. The summed E-state index contributed by atoms with van der Waals surface area (Å²) in [6.07, 6.45) is 2.43. The van der Waals surface area contributed by atoms with Crippen LogP contribution in [0.3, 0.4) is 0 Å². The average molecular weight is 440 g/mol. The molecule has 1 aromatic heterocycles. The minimum Gasteiger partial charge on any atom is -0.349 e. The molecule has 0 bridgehead atoms. The third kappa shape index (κ3) is 5.51. The molecule has 1 fully saturated rings. The van der Waals surface area contributed by atoms with E-state index in [1.54, 1.807) is 12.1 Å². The Kier molecular flexibility index (Phi) is 6.99. The lowest BCUT2D eigenvalue weighted by Crippen LogP contribution is -2.28. The second-order valence-corrected chi connectivity index (χ2v) is 8.62. The zero-order chi connectivity index (χ0) is 21.6. The Bertz CT molecular complexity index is 1000. The molecule has 2 aromatic carbocycles. The molecule has 0 radical (unpaired) electrons. The van der Waals surface area contributed by atoms with Crippen LogP contribution in [0.25, 0.3) is 5.69 Å². The third-order valence-corrected chi connectivity index (χ3v) is 6.29. The molecular formula is C23H26FN5OS. The van der Waals surface area contributed by atoms with E-state index in [0.29, 0.717) is 5.16 Å². The maximum Gasteiger partial charge on any atom is 0.230 e. The zero-order valence-electron chi connectivity index (χ0n) is 17.5. The monoisotopic (exact) mass is 439 g/mol. The van der Waals surface area contributed by atoms with Gasteiger partial charge in [-0.2, -0.15) is 0 Å². The van der Waals surface area contributed by atoms with E-state index in [2.05, 4.69) is 20.4 Å². The summed E-state index contributed by atoms with van der Waals surface area (Å²) in [4.78, 5) is 14.9. The van der Waals surface area contributed by atoms with E-state index >= 15 is 0 Å². The highest BCUT2D eigenvalue weighted by Crippen LogP contribution is 2.24. The summed E-state index contributed by atoms with van der Waals surface area (Å²) >= 11 is 1.37. The number of amides is 1. The fourth-order valence-electron chi connectivity index (χ4n) is 3.72. The summed E-state index contributed by atoms with van der Waals surface area (Å²) in [6.45, 7) is 4.79. The van der Waals surface area contributed by atoms with Crippen LogP contribution < -0.4 is 5.32 Å². The van der Waals surface area contributed by atoms with E-state index in [1.165, 1.54) is 36.7 Å². The van der Waals surface area contributed by atoms with E-state index in [1.807, 2.05) is 41.8 Å². The standard InChI is InChI=1S/C23H26FN5OS/c1-17(18-9-11-19(24)12-10-18)25-22(30)16-31-23-27-26-21(15-28-13-5-6-14-28)29(23)20-7-3-2-4-8-20/h2-4,7-12,17H,5-6,13-16H2,1H3,(H,25,30)/t17-/m1/s1. The van der Waals surface area contributed by atoms with E-state index in [-0.39, 0.29) is 23.5 Å². The number of halogens is 1. The first-order valence-corrected chi connectivity index (χ1v) is 11.5. The highest BCUT2D eigenvalue weighted by Gasteiger charge is 2.20. The van der Waals surface area contributed by atoms with E-state index in [9.17, 15) is 9.18 Å². The van der Waals surface area contributed by atoms with Gasteiger partial charge in [-0.25, -0.2) is 4.39 Å². The molecule has 1 N–H and O–H groups in total. The van der Waals surface area contributed by atoms with Crippen molar-refractivity contribution in [3.8, 4) is 5.69 Å². The molecule has 8 heteroatoms. The van der Waals surface area contributed by atoms with E-state index in [4.69, 9.17) is 0 Å². The molecule has 162 valence electrons. The number of aromatic nitrogens is 3. The largest absolute Gasteiger partial charge is 0.349 e. The molecule has 1 atom stereocenters. The molecule has 31 heavy (non-hydrogen) atoms. The number of hydrogen-bond acceptors (Lipinski definition) is 5. The molecule has 2 heterocycles. The SMILES string of the molecule is C[C@@H](NC(=O)CSc1nnc(CN2CCCC2)n1-c1ccccc1)c1ccc(F)cc1. The summed E-state index contributed by atoms with van der Waals surface area (Å²) in [5.74, 6) is 0.712. The van der Waals surface area contributed by atoms with Crippen LogP contribution in [0.5, 0.6) is 0 Å². The van der Waals surface area contributed by atoms with Gasteiger partial charge in [0.2, 0.25) is 5.91 Å². The molecule has 0 saturated carbocycles. The van der Waals surface area contributed by atoms with Crippen LogP contribution in [-0.4, -0.2) is 44.4 Å². The number of nitrogens with one attached hydrogen (secondary N) is 1. The van der Waals surface area contributed by atoms with Gasteiger partial charge >= 0.3 is 0 Å². The van der Waals surface area contributed by atoms with Gasteiger partial charge in [-0.05, 0) is 62.7 Å². The minimum absolute atomic E-state index is 0.106. The van der Waals surface area contributed by atoms with E-state index in [0.717, 1.165) is 36.7 Å². The van der Waals surface area contributed by atoms with Gasteiger partial charge in [-0.3, -0.25) is 14.3 Å². The normalized spacial score (nSPS) is 15.2. The number of rotatable bonds is 8. The van der Waals surface area contributed by atoms with Crippen molar-refractivity contribution in [2.45, 2.75) is 37.5 Å². The molecule has 3 aromatic rings. The molecule has 4 rings (SSSR count). The molecule has 1 saturated heterocycles. The molecule has 0 aliphatic carbocycles. The molecular weight excluding hydrogens is 413 g/mol. The highest BCUT2D eigenvalue weighted by molar-refractivity contribution is 7.99. The number of para-hydroxylation sites is 1. The highest BCUT2D eigenvalue weighted by atomic mass is 32.2. The summed E-state index contributed by atoms with van der Waals surface area (Å²) in [5, 5.41) is 12.5. The average Bonchev–Trinajstić information content (AvgIpc) is 3.43. The van der Waals surface area contributed by atoms with Crippen LogP contribution >= 0.6 is 11.8 Å². The number of thioether (sulfide) groups is 1. The number of likely N-dealkylation sites (tertiary alicyclic amines) is 1. The molecule has 1 amide bonds. The first-order chi connectivity index (χ1) is 15.1. The van der Waals surface area contributed by atoms with Gasteiger partial charge in [-0.1, -0.05) is 42.1 Å². The van der Waals surface area contributed by atoms with Crippen molar-refractivity contribution in [1.29, 1.82) is 0 Å². The first-order valence-electron chi connectivity index (χ1n) is 10.5. The van der Waals surface area contributed by atoms with Crippen LogP contribution in [-0.2, 0) is 11.3 Å². The first kappa shape index (κ1) is 21.5. The van der Waals surface area contributed by atoms with Crippen molar-refractivity contribution in [1.82, 2.24) is 25.0 Å². The van der Waals surface area contributed by atoms with Crippen molar-refractivity contribution < 1.29 is 9.18 Å². The van der Waals surface area contributed by atoms with Gasteiger partial charge in [0.15, 0.2) is 11.0 Å². The van der Waals surface area contributed by atoms with Gasteiger partial charge in [-0.15, -0.1) is 10.2 Å². The lowest BCUT2D eigenvalue weighted by atomic mass is 10.1. The van der Waals surface area contributed by atoms with Gasteiger partial charge < -0.3 is 5.32 Å². The number of hydrogen-bond donors (Lipinski definition) is 1. The van der Waals surface area contributed by atoms with Crippen LogP contribution in [0.15, 0.2) is 59.8 Å². The third-order valence-electron chi connectivity index (χ3n) is 5.36. The smallest absolute Gasteiger partial charge is 0.230 e. The van der Waals surface area contributed by atoms with Crippen molar-refractivity contribution in [2.75, 3.05) is 18.8 Å².